The molecule has 4 N–H and O–H groups in total. The molecule has 0 bridgehead atoms. The van der Waals surface area contributed by atoms with Crippen LogP contribution in [0.1, 0.15) is 31.4 Å². The van der Waals surface area contributed by atoms with Gasteiger partial charge in [-0.3, -0.25) is 4.79 Å². The van der Waals surface area contributed by atoms with Gasteiger partial charge in [0.1, 0.15) is 5.82 Å². The molecule has 0 heterocycles. The Bertz CT molecular complexity index is 480. The predicted octanol–water partition coefficient (Wildman–Crippen LogP) is 1.74. The highest BCUT2D eigenvalue weighted by Gasteiger charge is 2.19. The third-order valence-corrected chi connectivity index (χ3v) is 3.11. The molecule has 0 fully saturated rings. The predicted molar refractivity (Wildman–Crippen MR) is 74.0 cm³/mol. The molecule has 1 aromatic rings. The number of halogens is 1. The zero-order valence-electron chi connectivity index (χ0n) is 12.0. The molecular formula is C14H21FN2O3. The van der Waals surface area contributed by atoms with Gasteiger partial charge in [-0.2, -0.15) is 0 Å². The van der Waals surface area contributed by atoms with Crippen molar-refractivity contribution < 1.29 is 18.7 Å². The lowest BCUT2D eigenvalue weighted by atomic mass is 9.93. The van der Waals surface area contributed by atoms with E-state index in [1.807, 2.05) is 6.92 Å². The monoisotopic (exact) mass is 284 g/mol. The van der Waals surface area contributed by atoms with Crippen LogP contribution in [0.25, 0.3) is 0 Å². The fourth-order valence-electron chi connectivity index (χ4n) is 2.14. The first-order chi connectivity index (χ1) is 9.38. The smallest absolute Gasteiger partial charge is 0.217 e. The molecule has 1 rings (SSSR count). The molecule has 0 spiro atoms. The Balaban J connectivity index is 2.92. The second kappa shape index (κ2) is 7.09. The molecule has 0 radical (unpaired) electrons. The van der Waals surface area contributed by atoms with E-state index in [9.17, 15) is 9.18 Å². The lowest BCUT2D eigenvalue weighted by Gasteiger charge is -2.19. The number of carbonyl (C=O) groups excluding carboxylic acids is 1. The van der Waals surface area contributed by atoms with Crippen molar-refractivity contribution in [3.63, 3.8) is 0 Å². The average Bonchev–Trinajstić information content (AvgIpc) is 2.36. The van der Waals surface area contributed by atoms with E-state index in [2.05, 4.69) is 0 Å². The van der Waals surface area contributed by atoms with Crippen molar-refractivity contribution in [2.24, 2.45) is 17.4 Å². The van der Waals surface area contributed by atoms with E-state index in [1.165, 1.54) is 26.4 Å². The minimum absolute atomic E-state index is 0.0185. The first kappa shape index (κ1) is 16.2. The number of hydrogen-bond acceptors (Lipinski definition) is 4. The molecule has 0 aromatic heterocycles. The fraction of sp³-hybridized carbons (Fsp3) is 0.500. The van der Waals surface area contributed by atoms with Gasteiger partial charge < -0.3 is 20.9 Å². The van der Waals surface area contributed by atoms with Gasteiger partial charge in [0.25, 0.3) is 0 Å². The van der Waals surface area contributed by atoms with Crippen LogP contribution in [0, 0.1) is 11.7 Å². The standard InChI is InChI=1S/C14H21FN2O3/c1-8(5-14(17)18)4-11(16)9-6-12(19-2)13(20-3)7-10(9)15/h6-8,11H,4-5,16H2,1-3H3,(H2,17,18). The summed E-state index contributed by atoms with van der Waals surface area (Å²) in [5, 5.41) is 0. The molecule has 2 atom stereocenters. The van der Waals surface area contributed by atoms with Gasteiger partial charge in [0, 0.05) is 24.1 Å². The summed E-state index contributed by atoms with van der Waals surface area (Å²) >= 11 is 0. The SMILES string of the molecule is COc1cc(F)c(C(N)CC(C)CC(N)=O)cc1OC. The first-order valence-corrected chi connectivity index (χ1v) is 6.34. The summed E-state index contributed by atoms with van der Waals surface area (Å²) in [4.78, 5) is 10.8. The molecule has 2 unspecified atom stereocenters. The third-order valence-electron chi connectivity index (χ3n) is 3.11. The van der Waals surface area contributed by atoms with Gasteiger partial charge in [0.15, 0.2) is 11.5 Å². The number of methoxy groups -OCH3 is 2. The number of ether oxygens (including phenoxy) is 2. The maximum atomic E-state index is 14.0. The number of nitrogens with two attached hydrogens (primary N) is 2. The van der Waals surface area contributed by atoms with Gasteiger partial charge in [-0.15, -0.1) is 0 Å². The molecule has 0 aliphatic heterocycles. The van der Waals surface area contributed by atoms with E-state index in [-0.39, 0.29) is 12.3 Å². The van der Waals surface area contributed by atoms with Crippen LogP contribution >= 0.6 is 0 Å². The zero-order chi connectivity index (χ0) is 15.3. The van der Waals surface area contributed by atoms with E-state index >= 15 is 0 Å². The number of hydrogen-bond donors (Lipinski definition) is 2. The highest BCUT2D eigenvalue weighted by molar-refractivity contribution is 5.73. The van der Waals surface area contributed by atoms with E-state index in [4.69, 9.17) is 20.9 Å². The summed E-state index contributed by atoms with van der Waals surface area (Å²) in [6, 6.07) is 2.23. The first-order valence-electron chi connectivity index (χ1n) is 6.34. The van der Waals surface area contributed by atoms with Gasteiger partial charge in [0.05, 0.1) is 14.2 Å². The number of primary amides is 1. The fourth-order valence-corrected chi connectivity index (χ4v) is 2.14. The van der Waals surface area contributed by atoms with Gasteiger partial charge in [-0.05, 0) is 18.4 Å². The van der Waals surface area contributed by atoms with Gasteiger partial charge in [-0.25, -0.2) is 4.39 Å². The summed E-state index contributed by atoms with van der Waals surface area (Å²) in [5.74, 6) is -0.137. The largest absolute Gasteiger partial charge is 0.493 e. The van der Waals surface area contributed by atoms with Gasteiger partial charge in [0.2, 0.25) is 5.91 Å². The van der Waals surface area contributed by atoms with Crippen LogP contribution in [0.4, 0.5) is 4.39 Å². The summed E-state index contributed by atoms with van der Waals surface area (Å²) < 4.78 is 24.2. The summed E-state index contributed by atoms with van der Waals surface area (Å²) in [6.45, 7) is 1.85. The van der Waals surface area contributed by atoms with E-state index < -0.39 is 17.8 Å². The van der Waals surface area contributed by atoms with Crippen molar-refractivity contribution in [3.8, 4) is 11.5 Å². The Morgan fingerprint density at radius 2 is 1.85 bits per heavy atom. The molecule has 1 amide bonds. The molecule has 0 saturated heterocycles. The van der Waals surface area contributed by atoms with E-state index in [1.54, 1.807) is 0 Å². The van der Waals surface area contributed by atoms with Crippen molar-refractivity contribution in [2.75, 3.05) is 14.2 Å². The van der Waals surface area contributed by atoms with Crippen molar-refractivity contribution in [1.29, 1.82) is 0 Å². The van der Waals surface area contributed by atoms with Crippen LogP contribution in [0.3, 0.4) is 0 Å². The molecule has 0 aliphatic rings. The number of rotatable bonds is 7. The van der Waals surface area contributed by atoms with Crippen LogP contribution < -0.4 is 20.9 Å². The quantitative estimate of drug-likeness (QED) is 0.798. The molecule has 20 heavy (non-hydrogen) atoms. The van der Waals surface area contributed by atoms with Crippen LogP contribution in [0.2, 0.25) is 0 Å². The zero-order valence-corrected chi connectivity index (χ0v) is 12.0. The maximum Gasteiger partial charge on any atom is 0.217 e. The van der Waals surface area contributed by atoms with Crippen molar-refractivity contribution in [2.45, 2.75) is 25.8 Å². The number of benzene rings is 1. The minimum atomic E-state index is -0.538. The third kappa shape index (κ3) is 4.09. The Hall–Kier alpha value is -1.82. The molecule has 0 saturated carbocycles. The second-order valence-electron chi connectivity index (χ2n) is 4.85. The second-order valence-corrected chi connectivity index (χ2v) is 4.85. The summed E-state index contributed by atoms with van der Waals surface area (Å²) in [5.41, 5.74) is 11.5. The van der Waals surface area contributed by atoms with Crippen LogP contribution in [0.5, 0.6) is 11.5 Å². The maximum absolute atomic E-state index is 14.0. The molecular weight excluding hydrogens is 263 g/mol. The van der Waals surface area contributed by atoms with E-state index in [0.717, 1.165) is 0 Å². The van der Waals surface area contributed by atoms with Crippen LogP contribution in [-0.4, -0.2) is 20.1 Å². The Morgan fingerprint density at radius 1 is 1.30 bits per heavy atom. The number of amides is 1. The van der Waals surface area contributed by atoms with Gasteiger partial charge >= 0.3 is 0 Å². The highest BCUT2D eigenvalue weighted by atomic mass is 19.1. The highest BCUT2D eigenvalue weighted by Crippen LogP contribution is 2.33. The van der Waals surface area contributed by atoms with Crippen LogP contribution in [0.15, 0.2) is 12.1 Å². The average molecular weight is 284 g/mol. The minimum Gasteiger partial charge on any atom is -0.493 e. The molecule has 0 aliphatic carbocycles. The molecule has 6 heteroatoms. The normalized spacial score (nSPS) is 13.7. The van der Waals surface area contributed by atoms with Crippen LogP contribution in [-0.2, 0) is 4.79 Å². The van der Waals surface area contributed by atoms with Crippen molar-refractivity contribution in [1.82, 2.24) is 0 Å². The molecule has 5 nitrogen and oxygen atoms in total. The van der Waals surface area contributed by atoms with Crippen molar-refractivity contribution in [3.05, 3.63) is 23.5 Å². The Labute approximate surface area is 118 Å². The molecule has 112 valence electrons. The summed E-state index contributed by atoms with van der Waals surface area (Å²) in [7, 11) is 2.91. The summed E-state index contributed by atoms with van der Waals surface area (Å²) in [6.07, 6.45) is 0.679. The van der Waals surface area contributed by atoms with Crippen molar-refractivity contribution >= 4 is 5.91 Å². The number of carbonyl (C=O) groups is 1. The van der Waals surface area contributed by atoms with E-state index in [0.29, 0.717) is 23.5 Å². The topological polar surface area (TPSA) is 87.6 Å². The lowest BCUT2D eigenvalue weighted by Crippen LogP contribution is -2.20. The Morgan fingerprint density at radius 3 is 2.35 bits per heavy atom. The Kier molecular flexibility index (Phi) is 5.76. The molecule has 1 aromatic carbocycles. The lowest BCUT2D eigenvalue weighted by molar-refractivity contribution is -0.118. The van der Waals surface area contributed by atoms with Gasteiger partial charge in [-0.1, -0.05) is 6.92 Å².